The number of fused-ring (bicyclic) bond motifs is 1. The smallest absolute Gasteiger partial charge is 0.221 e. The highest BCUT2D eigenvalue weighted by atomic mass is 35.5. The molecule has 1 amide bonds. The number of hydrogen-bond donors (Lipinski definition) is 3. The molecule has 3 N–H and O–H groups in total. The zero-order chi connectivity index (χ0) is 17.2. The molecule has 0 spiro atoms. The van der Waals surface area contributed by atoms with Gasteiger partial charge < -0.3 is 16.0 Å². The first kappa shape index (κ1) is 21.4. The number of nitrogens with zero attached hydrogens (tertiary/aromatic N) is 2. The second-order valence-electron chi connectivity index (χ2n) is 7.05. The van der Waals surface area contributed by atoms with E-state index >= 15 is 0 Å². The van der Waals surface area contributed by atoms with Crippen molar-refractivity contribution < 1.29 is 4.79 Å². The van der Waals surface area contributed by atoms with Crippen LogP contribution in [0.2, 0.25) is 0 Å². The highest BCUT2D eigenvalue weighted by Gasteiger charge is 2.37. The van der Waals surface area contributed by atoms with Crippen molar-refractivity contribution >= 4 is 42.2 Å². The molecule has 1 aromatic heterocycles. The van der Waals surface area contributed by atoms with Gasteiger partial charge in [0, 0.05) is 24.2 Å². The molecule has 1 aliphatic carbocycles. The lowest BCUT2D eigenvalue weighted by Crippen LogP contribution is -2.21. The van der Waals surface area contributed by atoms with Crippen LogP contribution in [0, 0.1) is 11.8 Å². The standard InChI is InChI=1S/C19H23N5O.2ClH/c1-12(25)21-16-4-2-13(3-5-16)18-6-7-19(24-23-18)22-17-8-14-10-20-11-15(14)9-17;;/h2-7,14-15,17,20H,8-11H2,1H3,(H,21,25)(H,22,24);2*1H/t14-,15+,17?;;. The van der Waals surface area contributed by atoms with Gasteiger partial charge in [0.2, 0.25) is 5.91 Å². The molecule has 2 fully saturated rings. The predicted octanol–water partition coefficient (Wildman–Crippen LogP) is 3.36. The zero-order valence-corrected chi connectivity index (χ0v) is 16.8. The third-order valence-corrected chi connectivity index (χ3v) is 5.17. The van der Waals surface area contributed by atoms with Crippen molar-refractivity contribution in [2.75, 3.05) is 23.7 Å². The van der Waals surface area contributed by atoms with Crippen molar-refractivity contribution in [1.82, 2.24) is 15.5 Å². The van der Waals surface area contributed by atoms with E-state index in [0.29, 0.717) is 6.04 Å². The number of carbonyl (C=O) groups excluding carboxylic acids is 1. The zero-order valence-electron chi connectivity index (χ0n) is 15.1. The van der Waals surface area contributed by atoms with Crippen molar-refractivity contribution in [2.45, 2.75) is 25.8 Å². The predicted molar refractivity (Wildman–Crippen MR) is 113 cm³/mol. The number of amides is 1. The van der Waals surface area contributed by atoms with E-state index in [0.717, 1.165) is 47.7 Å². The molecule has 6 nitrogen and oxygen atoms in total. The lowest BCUT2D eigenvalue weighted by atomic mass is 10.0. The third kappa shape index (κ3) is 5.09. The molecule has 4 rings (SSSR count). The number of anilines is 2. The highest BCUT2D eigenvalue weighted by Crippen LogP contribution is 2.35. The van der Waals surface area contributed by atoms with Gasteiger partial charge in [0.05, 0.1) is 5.69 Å². The minimum Gasteiger partial charge on any atom is -0.366 e. The minimum absolute atomic E-state index is 0. The summed E-state index contributed by atoms with van der Waals surface area (Å²) in [6, 6.07) is 12.1. The van der Waals surface area contributed by atoms with E-state index in [1.54, 1.807) is 0 Å². The Kier molecular flexibility index (Phi) is 7.41. The van der Waals surface area contributed by atoms with E-state index in [9.17, 15) is 4.79 Å². The van der Waals surface area contributed by atoms with Gasteiger partial charge in [0.1, 0.15) is 5.82 Å². The minimum atomic E-state index is -0.0743. The fourth-order valence-corrected chi connectivity index (χ4v) is 3.98. The molecule has 2 aliphatic rings. The second kappa shape index (κ2) is 9.35. The van der Waals surface area contributed by atoms with Gasteiger partial charge in [-0.1, -0.05) is 12.1 Å². The summed E-state index contributed by atoms with van der Waals surface area (Å²) in [5.41, 5.74) is 2.59. The Morgan fingerprint density at radius 2 is 1.67 bits per heavy atom. The largest absolute Gasteiger partial charge is 0.366 e. The molecular formula is C19H25Cl2N5O. The topological polar surface area (TPSA) is 78.9 Å². The number of rotatable bonds is 4. The molecule has 3 atom stereocenters. The maximum absolute atomic E-state index is 11.1. The van der Waals surface area contributed by atoms with Gasteiger partial charge in [0.25, 0.3) is 0 Å². The molecule has 0 radical (unpaired) electrons. The van der Waals surface area contributed by atoms with Gasteiger partial charge in [-0.15, -0.1) is 35.0 Å². The van der Waals surface area contributed by atoms with Gasteiger partial charge in [-0.3, -0.25) is 4.79 Å². The molecular weight excluding hydrogens is 385 g/mol. The van der Waals surface area contributed by atoms with Crippen LogP contribution in [0.4, 0.5) is 11.5 Å². The fourth-order valence-electron chi connectivity index (χ4n) is 3.98. The van der Waals surface area contributed by atoms with Crippen LogP contribution in [0.5, 0.6) is 0 Å². The van der Waals surface area contributed by atoms with Crippen molar-refractivity contribution in [1.29, 1.82) is 0 Å². The molecule has 146 valence electrons. The number of hydrogen-bond acceptors (Lipinski definition) is 5. The van der Waals surface area contributed by atoms with E-state index < -0.39 is 0 Å². The first-order valence-corrected chi connectivity index (χ1v) is 8.86. The van der Waals surface area contributed by atoms with Gasteiger partial charge in [-0.2, -0.15) is 0 Å². The van der Waals surface area contributed by atoms with Gasteiger partial charge in [0.15, 0.2) is 0 Å². The Morgan fingerprint density at radius 1 is 1.00 bits per heavy atom. The number of halogens is 2. The molecule has 2 aromatic rings. The van der Waals surface area contributed by atoms with Crippen LogP contribution in [-0.2, 0) is 4.79 Å². The molecule has 2 heterocycles. The summed E-state index contributed by atoms with van der Waals surface area (Å²) in [6.07, 6.45) is 2.43. The Hall–Kier alpha value is -1.89. The monoisotopic (exact) mass is 409 g/mol. The fraction of sp³-hybridized carbons (Fsp3) is 0.421. The van der Waals surface area contributed by atoms with E-state index in [4.69, 9.17) is 0 Å². The lowest BCUT2D eigenvalue weighted by molar-refractivity contribution is -0.114. The molecule has 1 aliphatic heterocycles. The highest BCUT2D eigenvalue weighted by molar-refractivity contribution is 5.88. The quantitative estimate of drug-likeness (QED) is 0.721. The van der Waals surface area contributed by atoms with Crippen molar-refractivity contribution in [3.63, 3.8) is 0 Å². The average molecular weight is 410 g/mol. The summed E-state index contributed by atoms with van der Waals surface area (Å²) in [5, 5.41) is 18.4. The van der Waals surface area contributed by atoms with Crippen molar-refractivity contribution in [2.24, 2.45) is 11.8 Å². The maximum atomic E-state index is 11.1. The maximum Gasteiger partial charge on any atom is 0.221 e. The van der Waals surface area contributed by atoms with E-state index in [2.05, 4.69) is 26.1 Å². The Morgan fingerprint density at radius 3 is 2.22 bits per heavy atom. The molecule has 0 bridgehead atoms. The van der Waals surface area contributed by atoms with Crippen molar-refractivity contribution in [3.8, 4) is 11.3 Å². The van der Waals surface area contributed by atoms with E-state index in [1.807, 2.05) is 36.4 Å². The second-order valence-corrected chi connectivity index (χ2v) is 7.05. The third-order valence-electron chi connectivity index (χ3n) is 5.17. The van der Waals surface area contributed by atoms with E-state index in [-0.39, 0.29) is 30.7 Å². The first-order valence-electron chi connectivity index (χ1n) is 8.86. The molecule has 1 saturated carbocycles. The van der Waals surface area contributed by atoms with Crippen LogP contribution < -0.4 is 16.0 Å². The van der Waals surface area contributed by atoms with Crippen LogP contribution in [-0.4, -0.2) is 35.2 Å². The van der Waals surface area contributed by atoms with Crippen LogP contribution >= 0.6 is 24.8 Å². The summed E-state index contributed by atoms with van der Waals surface area (Å²) in [5.74, 6) is 2.39. The Labute approximate surface area is 171 Å². The number of nitrogens with one attached hydrogen (secondary N) is 3. The molecule has 1 unspecified atom stereocenters. The summed E-state index contributed by atoms with van der Waals surface area (Å²) < 4.78 is 0. The normalized spacial score (nSPS) is 22.9. The lowest BCUT2D eigenvalue weighted by Gasteiger charge is -2.14. The average Bonchev–Trinajstić information content (AvgIpc) is 3.17. The SMILES string of the molecule is CC(=O)Nc1ccc(-c2ccc(NC3C[C@H]4CNC[C@H]4C3)nn2)cc1.Cl.Cl. The number of benzene rings is 1. The van der Waals surface area contributed by atoms with Crippen LogP contribution in [0.1, 0.15) is 19.8 Å². The Balaban J connectivity index is 0.00000131. The molecule has 1 aromatic carbocycles. The summed E-state index contributed by atoms with van der Waals surface area (Å²) in [7, 11) is 0. The van der Waals surface area contributed by atoms with Crippen LogP contribution in [0.3, 0.4) is 0 Å². The number of carbonyl (C=O) groups is 1. The van der Waals surface area contributed by atoms with Crippen molar-refractivity contribution in [3.05, 3.63) is 36.4 Å². The summed E-state index contributed by atoms with van der Waals surface area (Å²) in [4.78, 5) is 11.1. The van der Waals surface area contributed by atoms with Gasteiger partial charge in [-0.25, -0.2) is 0 Å². The van der Waals surface area contributed by atoms with Gasteiger partial charge >= 0.3 is 0 Å². The van der Waals surface area contributed by atoms with E-state index in [1.165, 1.54) is 19.8 Å². The van der Waals surface area contributed by atoms with Crippen LogP contribution in [0.15, 0.2) is 36.4 Å². The summed E-state index contributed by atoms with van der Waals surface area (Å²) in [6.45, 7) is 3.81. The number of aromatic nitrogens is 2. The Bertz CT molecular complexity index is 742. The summed E-state index contributed by atoms with van der Waals surface area (Å²) >= 11 is 0. The van der Waals surface area contributed by atoms with Crippen LogP contribution in [0.25, 0.3) is 11.3 Å². The molecule has 8 heteroatoms. The molecule has 27 heavy (non-hydrogen) atoms. The molecule has 1 saturated heterocycles. The van der Waals surface area contributed by atoms with Gasteiger partial charge in [-0.05, 0) is 62.0 Å². The first-order chi connectivity index (χ1) is 12.2.